The predicted molar refractivity (Wildman–Crippen MR) is 125 cm³/mol. The van der Waals surface area contributed by atoms with E-state index < -0.39 is 12.2 Å². The first-order chi connectivity index (χ1) is 16.1. The Morgan fingerprint density at radius 3 is 2.64 bits per heavy atom. The molecule has 1 aliphatic rings. The fourth-order valence-electron chi connectivity index (χ4n) is 3.65. The summed E-state index contributed by atoms with van der Waals surface area (Å²) in [7, 11) is 0. The molecule has 0 fully saturated rings. The highest BCUT2D eigenvalue weighted by Crippen LogP contribution is 2.39. The van der Waals surface area contributed by atoms with Gasteiger partial charge in [-0.15, -0.1) is 0 Å². The molecule has 0 spiro atoms. The smallest absolute Gasteiger partial charge is 0.290 e. The van der Waals surface area contributed by atoms with Crippen LogP contribution in [0.5, 0.6) is 5.75 Å². The molecule has 0 bridgehead atoms. The molecule has 1 aromatic carbocycles. The molecule has 0 aliphatic carbocycles. The van der Waals surface area contributed by atoms with Gasteiger partial charge in [-0.2, -0.15) is 11.3 Å². The number of aliphatic hydroxyl groups is 1. The fraction of sp³-hybridized carbons (Fsp3) is 0.458. The van der Waals surface area contributed by atoms with E-state index in [4.69, 9.17) is 24.1 Å². The number of nitrogens with one attached hydrogen (secondary N) is 1. The lowest BCUT2D eigenvalue weighted by molar-refractivity contribution is -0.166. The van der Waals surface area contributed by atoms with E-state index in [0.717, 1.165) is 5.56 Å². The summed E-state index contributed by atoms with van der Waals surface area (Å²) in [6.07, 6.45) is 1.86. The molecule has 0 radical (unpaired) electrons. The molecule has 0 saturated carbocycles. The number of para-hydroxylation sites is 2. The molecule has 2 heterocycles. The van der Waals surface area contributed by atoms with Crippen LogP contribution in [0.25, 0.3) is 0 Å². The molecule has 3 rings (SSSR count). The average molecular weight is 478 g/mol. The number of hydrogen-bond acceptors (Lipinski definition) is 8. The summed E-state index contributed by atoms with van der Waals surface area (Å²) in [6.45, 7) is 3.93. The Kier molecular flexibility index (Phi) is 10.2. The Bertz CT molecular complexity index is 887. The maximum absolute atomic E-state index is 13.0. The van der Waals surface area contributed by atoms with E-state index in [9.17, 15) is 9.90 Å². The Hall–Kier alpha value is -2.43. The lowest BCUT2D eigenvalue weighted by atomic mass is 9.82. The highest BCUT2D eigenvalue weighted by molar-refractivity contribution is 7.08. The zero-order valence-corrected chi connectivity index (χ0v) is 19.5. The molecule has 180 valence electrons. The Morgan fingerprint density at radius 2 is 1.94 bits per heavy atom. The number of phenolic OH excluding ortho intramolecular Hbond substituents is 1. The molecule has 3 N–H and O–H groups in total. The number of carbonyl (C=O) groups is 1. The number of benzene rings is 1. The van der Waals surface area contributed by atoms with Crippen molar-refractivity contribution in [2.24, 2.45) is 5.92 Å². The van der Waals surface area contributed by atoms with Crippen molar-refractivity contribution in [2.45, 2.75) is 25.6 Å². The summed E-state index contributed by atoms with van der Waals surface area (Å²) in [5.74, 6) is -0.462. The largest absolute Gasteiger partial charge is 0.506 e. The fourth-order valence-corrected chi connectivity index (χ4v) is 4.36. The van der Waals surface area contributed by atoms with Crippen molar-refractivity contribution in [3.63, 3.8) is 0 Å². The van der Waals surface area contributed by atoms with Gasteiger partial charge in [-0.05, 0) is 53.9 Å². The summed E-state index contributed by atoms with van der Waals surface area (Å²) in [6, 6.07) is 8.58. The van der Waals surface area contributed by atoms with E-state index >= 15 is 0 Å². The summed E-state index contributed by atoms with van der Waals surface area (Å²) in [5, 5.41) is 25.5. The maximum Gasteiger partial charge on any atom is 0.290 e. The van der Waals surface area contributed by atoms with Gasteiger partial charge >= 0.3 is 0 Å². The Morgan fingerprint density at radius 1 is 1.15 bits per heavy atom. The molecule has 9 heteroatoms. The number of anilines is 1. The summed E-state index contributed by atoms with van der Waals surface area (Å²) in [5.41, 5.74) is 1.39. The van der Waals surface area contributed by atoms with Gasteiger partial charge in [0.05, 0.1) is 32.1 Å². The van der Waals surface area contributed by atoms with Crippen molar-refractivity contribution in [1.29, 1.82) is 0 Å². The standard InChI is InChI=1S/C24H31NO7S/c1-2-31-24-18(7-10-29-12-13-30-11-9-26)19(17-8-14-33-16-17)15-22(32-24)23(28)25-20-5-3-4-6-21(20)27/h3-6,8,14-16,18-19,24,26-27H,2,7,9-13H2,1H3,(H,25,28)/t18-,19-,24-/m1/s1. The third kappa shape index (κ3) is 7.28. The molecule has 2 aromatic rings. The zero-order chi connectivity index (χ0) is 23.5. The van der Waals surface area contributed by atoms with Gasteiger partial charge in [0.25, 0.3) is 5.91 Å². The number of carbonyl (C=O) groups excluding carboxylic acids is 1. The first kappa shape index (κ1) is 25.2. The summed E-state index contributed by atoms with van der Waals surface area (Å²) >= 11 is 1.59. The van der Waals surface area contributed by atoms with Crippen LogP contribution in [-0.2, 0) is 23.7 Å². The van der Waals surface area contributed by atoms with Crippen LogP contribution >= 0.6 is 11.3 Å². The van der Waals surface area contributed by atoms with Crippen molar-refractivity contribution in [3.05, 3.63) is 58.5 Å². The normalized spacial score (nSPS) is 20.2. The third-order valence-electron chi connectivity index (χ3n) is 5.22. The Balaban J connectivity index is 1.73. The minimum absolute atomic E-state index is 0.0100. The van der Waals surface area contributed by atoms with E-state index in [1.54, 1.807) is 29.5 Å². The Labute approximate surface area is 197 Å². The van der Waals surface area contributed by atoms with E-state index in [-0.39, 0.29) is 30.0 Å². The number of ether oxygens (including phenoxy) is 4. The summed E-state index contributed by atoms with van der Waals surface area (Å²) < 4.78 is 22.8. The molecule has 0 saturated heterocycles. The SMILES string of the molecule is CCO[C@@H]1OC(C(=O)Nc2ccccc2O)=C[C@H](c2ccsc2)[C@H]1CCOCCOCCO. The zero-order valence-electron chi connectivity index (χ0n) is 18.6. The van der Waals surface area contributed by atoms with Crippen molar-refractivity contribution < 1.29 is 34.0 Å². The minimum Gasteiger partial charge on any atom is -0.506 e. The number of aliphatic hydroxyl groups excluding tert-OH is 1. The van der Waals surface area contributed by atoms with E-state index in [2.05, 4.69) is 10.7 Å². The van der Waals surface area contributed by atoms with Gasteiger partial charge in [0, 0.05) is 25.0 Å². The number of aromatic hydroxyl groups is 1. The number of phenols is 1. The molecule has 8 nitrogen and oxygen atoms in total. The van der Waals surface area contributed by atoms with Gasteiger partial charge in [0.2, 0.25) is 6.29 Å². The van der Waals surface area contributed by atoms with Gasteiger partial charge in [-0.3, -0.25) is 4.79 Å². The van der Waals surface area contributed by atoms with Gasteiger partial charge in [-0.1, -0.05) is 12.1 Å². The molecular weight excluding hydrogens is 446 g/mol. The number of allylic oxidation sites excluding steroid dienone is 1. The monoisotopic (exact) mass is 477 g/mol. The van der Waals surface area contributed by atoms with E-state index in [0.29, 0.717) is 45.1 Å². The predicted octanol–water partition coefficient (Wildman–Crippen LogP) is 3.48. The second-order valence-electron chi connectivity index (χ2n) is 7.43. The van der Waals surface area contributed by atoms with Gasteiger partial charge in [0.15, 0.2) is 5.76 Å². The first-order valence-electron chi connectivity index (χ1n) is 11.0. The topological polar surface area (TPSA) is 106 Å². The summed E-state index contributed by atoms with van der Waals surface area (Å²) in [4.78, 5) is 13.0. The van der Waals surface area contributed by atoms with Crippen LogP contribution in [0.3, 0.4) is 0 Å². The molecule has 1 aliphatic heterocycles. The van der Waals surface area contributed by atoms with Crippen molar-refractivity contribution in [1.82, 2.24) is 0 Å². The van der Waals surface area contributed by atoms with Gasteiger partial charge in [0.1, 0.15) is 5.75 Å². The number of hydrogen-bond donors (Lipinski definition) is 3. The van der Waals surface area contributed by atoms with Crippen molar-refractivity contribution in [2.75, 3.05) is 45.0 Å². The molecule has 33 heavy (non-hydrogen) atoms. The van der Waals surface area contributed by atoms with Crippen LogP contribution < -0.4 is 5.32 Å². The number of rotatable bonds is 13. The van der Waals surface area contributed by atoms with Crippen LogP contribution in [0.15, 0.2) is 52.9 Å². The lowest BCUT2D eigenvalue weighted by Gasteiger charge is -2.36. The van der Waals surface area contributed by atoms with E-state index in [1.165, 1.54) is 6.07 Å². The molecule has 1 aromatic heterocycles. The number of thiophene rings is 1. The van der Waals surface area contributed by atoms with Crippen LogP contribution in [-0.4, -0.2) is 62.1 Å². The highest BCUT2D eigenvalue weighted by atomic mass is 32.1. The van der Waals surface area contributed by atoms with Crippen LogP contribution in [0.1, 0.15) is 24.8 Å². The van der Waals surface area contributed by atoms with Crippen molar-refractivity contribution >= 4 is 22.9 Å². The highest BCUT2D eigenvalue weighted by Gasteiger charge is 2.38. The quantitative estimate of drug-likeness (QED) is 0.300. The molecule has 3 atom stereocenters. The van der Waals surface area contributed by atoms with Crippen molar-refractivity contribution in [3.8, 4) is 5.75 Å². The van der Waals surface area contributed by atoms with E-state index in [1.807, 2.05) is 24.4 Å². The van der Waals surface area contributed by atoms with Gasteiger partial charge < -0.3 is 34.5 Å². The third-order valence-corrected chi connectivity index (χ3v) is 5.92. The molecule has 1 amide bonds. The second kappa shape index (κ2) is 13.3. The van der Waals surface area contributed by atoms with Gasteiger partial charge in [-0.25, -0.2) is 0 Å². The van der Waals surface area contributed by atoms with Crippen LogP contribution in [0, 0.1) is 5.92 Å². The lowest BCUT2D eigenvalue weighted by Crippen LogP contribution is -2.38. The maximum atomic E-state index is 13.0. The minimum atomic E-state index is -0.621. The first-order valence-corrected chi connectivity index (χ1v) is 12.0. The number of amides is 1. The van der Waals surface area contributed by atoms with Crippen LogP contribution in [0.2, 0.25) is 0 Å². The van der Waals surface area contributed by atoms with Crippen LogP contribution in [0.4, 0.5) is 5.69 Å². The average Bonchev–Trinajstić information content (AvgIpc) is 3.35. The molecular formula is C24H31NO7S. The second-order valence-corrected chi connectivity index (χ2v) is 8.21. The molecule has 0 unspecified atom stereocenters.